The molecule has 4 heteroatoms. The van der Waals surface area contributed by atoms with E-state index < -0.39 is 0 Å². The Balaban J connectivity index is 1.81. The fourth-order valence-corrected chi connectivity index (χ4v) is 3.76. The van der Waals surface area contributed by atoms with Gasteiger partial charge in [0.1, 0.15) is 5.75 Å². The Labute approximate surface area is 141 Å². The van der Waals surface area contributed by atoms with Gasteiger partial charge in [0.2, 0.25) is 0 Å². The summed E-state index contributed by atoms with van der Waals surface area (Å²) in [5.41, 5.74) is 2.61. The Morgan fingerprint density at radius 1 is 1.09 bits per heavy atom. The number of nitrogens with zero attached hydrogens (tertiary/aromatic N) is 1. The van der Waals surface area contributed by atoms with E-state index in [4.69, 9.17) is 4.74 Å². The number of methoxy groups -OCH3 is 1. The van der Waals surface area contributed by atoms with Crippen molar-refractivity contribution in [2.75, 3.05) is 31.7 Å². The van der Waals surface area contributed by atoms with Gasteiger partial charge in [-0.3, -0.25) is 9.69 Å². The maximum absolute atomic E-state index is 12.8. The molecule has 0 radical (unpaired) electrons. The molecule has 0 unspecified atom stereocenters. The van der Waals surface area contributed by atoms with Crippen molar-refractivity contribution in [2.24, 2.45) is 0 Å². The van der Waals surface area contributed by atoms with Gasteiger partial charge in [0.25, 0.3) is 0 Å². The Morgan fingerprint density at radius 2 is 1.78 bits per heavy atom. The van der Waals surface area contributed by atoms with Crippen LogP contribution in [0.15, 0.2) is 48.5 Å². The lowest BCUT2D eigenvalue weighted by Gasteiger charge is -2.26. The summed E-state index contributed by atoms with van der Waals surface area (Å²) in [7, 11) is 1.63. The third kappa shape index (κ3) is 3.95. The first-order valence-electron chi connectivity index (χ1n) is 7.84. The number of ether oxygens (including phenoxy) is 1. The van der Waals surface area contributed by atoms with Crippen LogP contribution in [-0.4, -0.2) is 42.4 Å². The number of thioether (sulfide) groups is 1. The first-order chi connectivity index (χ1) is 11.3. The molecule has 1 fully saturated rings. The number of benzene rings is 2. The molecule has 0 aliphatic carbocycles. The van der Waals surface area contributed by atoms with E-state index in [-0.39, 0.29) is 5.78 Å². The lowest BCUT2D eigenvalue weighted by Crippen LogP contribution is -2.32. The molecular weight excluding hydrogens is 306 g/mol. The zero-order valence-electron chi connectivity index (χ0n) is 13.3. The van der Waals surface area contributed by atoms with Crippen molar-refractivity contribution >= 4 is 17.5 Å². The highest BCUT2D eigenvalue weighted by Crippen LogP contribution is 2.20. The van der Waals surface area contributed by atoms with Crippen LogP contribution in [-0.2, 0) is 6.54 Å². The van der Waals surface area contributed by atoms with Gasteiger partial charge < -0.3 is 4.74 Å². The van der Waals surface area contributed by atoms with E-state index >= 15 is 0 Å². The van der Waals surface area contributed by atoms with Crippen LogP contribution in [0.25, 0.3) is 0 Å². The van der Waals surface area contributed by atoms with Crippen LogP contribution >= 0.6 is 11.8 Å². The number of ketones is 1. The minimum Gasteiger partial charge on any atom is -0.497 e. The molecule has 0 saturated carbocycles. The average Bonchev–Trinajstić information content (AvgIpc) is 2.62. The summed E-state index contributed by atoms with van der Waals surface area (Å²) in [6.45, 7) is 3.03. The van der Waals surface area contributed by atoms with Crippen molar-refractivity contribution in [3.63, 3.8) is 0 Å². The van der Waals surface area contributed by atoms with Gasteiger partial charge in [-0.15, -0.1) is 0 Å². The Morgan fingerprint density at radius 3 is 2.48 bits per heavy atom. The largest absolute Gasteiger partial charge is 0.497 e. The predicted molar refractivity (Wildman–Crippen MR) is 95.5 cm³/mol. The Hall–Kier alpha value is -1.78. The molecular formula is C19H21NO2S. The van der Waals surface area contributed by atoms with Crippen molar-refractivity contribution in [3.8, 4) is 5.75 Å². The molecule has 1 saturated heterocycles. The highest BCUT2D eigenvalue weighted by molar-refractivity contribution is 7.99. The normalized spacial score (nSPS) is 15.3. The third-order valence-electron chi connectivity index (χ3n) is 4.11. The first-order valence-corrected chi connectivity index (χ1v) is 9.00. The number of hydrogen-bond donors (Lipinski definition) is 0. The second-order valence-corrected chi connectivity index (χ2v) is 6.83. The number of carbonyl (C=O) groups is 1. The summed E-state index contributed by atoms with van der Waals surface area (Å²) >= 11 is 2.00. The molecule has 3 nitrogen and oxygen atoms in total. The summed E-state index contributed by atoms with van der Waals surface area (Å²) in [6, 6.07) is 15.3. The van der Waals surface area contributed by atoms with Crippen molar-refractivity contribution in [2.45, 2.75) is 6.54 Å². The van der Waals surface area contributed by atoms with Crippen LogP contribution in [0.2, 0.25) is 0 Å². The van der Waals surface area contributed by atoms with E-state index in [2.05, 4.69) is 11.0 Å². The Kier molecular flexibility index (Phi) is 5.36. The highest BCUT2D eigenvalue weighted by Gasteiger charge is 2.17. The molecule has 0 amide bonds. The van der Waals surface area contributed by atoms with Gasteiger partial charge >= 0.3 is 0 Å². The van der Waals surface area contributed by atoms with E-state index in [1.807, 2.05) is 54.2 Å². The van der Waals surface area contributed by atoms with Crippen molar-refractivity contribution in [3.05, 3.63) is 65.2 Å². The molecule has 1 heterocycles. The monoisotopic (exact) mass is 327 g/mol. The summed E-state index contributed by atoms with van der Waals surface area (Å²) < 4.78 is 5.16. The van der Waals surface area contributed by atoms with Gasteiger partial charge in [0.15, 0.2) is 5.78 Å². The van der Waals surface area contributed by atoms with E-state index in [0.717, 1.165) is 36.5 Å². The molecule has 3 rings (SSSR count). The SMILES string of the molecule is COc1ccc(C(=O)c2ccccc2CN2CCSCC2)cc1. The average molecular weight is 327 g/mol. The lowest BCUT2D eigenvalue weighted by molar-refractivity contribution is 0.103. The minimum absolute atomic E-state index is 0.0784. The van der Waals surface area contributed by atoms with Gasteiger partial charge in [-0.05, 0) is 29.8 Å². The molecule has 0 atom stereocenters. The van der Waals surface area contributed by atoms with Crippen LogP contribution in [0.3, 0.4) is 0 Å². The highest BCUT2D eigenvalue weighted by atomic mass is 32.2. The first kappa shape index (κ1) is 16.1. The Bertz CT molecular complexity index is 663. The lowest BCUT2D eigenvalue weighted by atomic mass is 9.98. The van der Waals surface area contributed by atoms with Crippen LogP contribution < -0.4 is 4.74 Å². The molecule has 2 aromatic rings. The minimum atomic E-state index is 0.0784. The van der Waals surface area contributed by atoms with Crippen LogP contribution in [0.1, 0.15) is 21.5 Å². The van der Waals surface area contributed by atoms with Crippen molar-refractivity contribution in [1.29, 1.82) is 0 Å². The smallest absolute Gasteiger partial charge is 0.193 e. The van der Waals surface area contributed by atoms with Crippen LogP contribution in [0.4, 0.5) is 0 Å². The van der Waals surface area contributed by atoms with E-state index in [9.17, 15) is 4.79 Å². The van der Waals surface area contributed by atoms with Crippen molar-refractivity contribution in [1.82, 2.24) is 4.90 Å². The molecule has 0 N–H and O–H groups in total. The second-order valence-electron chi connectivity index (χ2n) is 5.60. The molecule has 23 heavy (non-hydrogen) atoms. The predicted octanol–water partition coefficient (Wildman–Crippen LogP) is 3.48. The molecule has 1 aliphatic heterocycles. The van der Waals surface area contributed by atoms with Gasteiger partial charge in [-0.2, -0.15) is 11.8 Å². The fraction of sp³-hybridized carbons (Fsp3) is 0.316. The quantitative estimate of drug-likeness (QED) is 0.787. The van der Waals surface area contributed by atoms with E-state index in [0.29, 0.717) is 5.56 Å². The molecule has 2 aromatic carbocycles. The molecule has 0 bridgehead atoms. The van der Waals surface area contributed by atoms with E-state index in [1.165, 1.54) is 11.5 Å². The number of carbonyl (C=O) groups excluding carboxylic acids is 1. The summed E-state index contributed by atoms with van der Waals surface area (Å²) in [6.07, 6.45) is 0. The van der Waals surface area contributed by atoms with E-state index in [1.54, 1.807) is 7.11 Å². The zero-order valence-corrected chi connectivity index (χ0v) is 14.1. The number of rotatable bonds is 5. The maximum Gasteiger partial charge on any atom is 0.193 e. The third-order valence-corrected chi connectivity index (χ3v) is 5.05. The van der Waals surface area contributed by atoms with Gasteiger partial charge in [-0.1, -0.05) is 24.3 Å². The summed E-state index contributed by atoms with van der Waals surface area (Å²) in [5.74, 6) is 3.19. The maximum atomic E-state index is 12.8. The molecule has 1 aliphatic rings. The van der Waals surface area contributed by atoms with Crippen LogP contribution in [0.5, 0.6) is 5.75 Å². The summed E-state index contributed by atoms with van der Waals surface area (Å²) in [4.78, 5) is 15.3. The van der Waals surface area contributed by atoms with Gasteiger partial charge in [0, 0.05) is 42.3 Å². The number of hydrogen-bond acceptors (Lipinski definition) is 4. The van der Waals surface area contributed by atoms with Gasteiger partial charge in [0.05, 0.1) is 7.11 Å². The standard InChI is InChI=1S/C19H21NO2S/c1-22-17-8-6-15(7-9-17)19(21)18-5-3-2-4-16(18)14-20-10-12-23-13-11-20/h2-9H,10-14H2,1H3. The summed E-state index contributed by atoms with van der Waals surface area (Å²) in [5, 5.41) is 0. The molecule has 120 valence electrons. The van der Waals surface area contributed by atoms with Crippen LogP contribution in [0, 0.1) is 0 Å². The topological polar surface area (TPSA) is 29.5 Å². The fourth-order valence-electron chi connectivity index (χ4n) is 2.78. The second kappa shape index (κ2) is 7.66. The molecule has 0 spiro atoms. The van der Waals surface area contributed by atoms with Gasteiger partial charge in [-0.25, -0.2) is 0 Å². The zero-order chi connectivity index (χ0) is 16.1. The molecule has 0 aromatic heterocycles. The van der Waals surface area contributed by atoms with Crippen molar-refractivity contribution < 1.29 is 9.53 Å².